The van der Waals surface area contributed by atoms with Gasteiger partial charge in [-0.05, 0) is 38.3 Å². The number of para-hydroxylation sites is 1. The van der Waals surface area contributed by atoms with Gasteiger partial charge in [0.1, 0.15) is 11.3 Å². The van der Waals surface area contributed by atoms with Crippen LogP contribution in [-0.2, 0) is 9.59 Å². The van der Waals surface area contributed by atoms with E-state index in [4.69, 9.17) is 9.84 Å². The predicted octanol–water partition coefficient (Wildman–Crippen LogP) is 2.05. The normalized spacial score (nSPS) is 13.4. The molecule has 0 heterocycles. The summed E-state index contributed by atoms with van der Waals surface area (Å²) in [6.07, 6.45) is 0.303. The molecule has 1 aromatic rings. The van der Waals surface area contributed by atoms with Crippen LogP contribution < -0.4 is 10.1 Å². The summed E-state index contributed by atoms with van der Waals surface area (Å²) >= 11 is 0. The minimum absolute atomic E-state index is 0.200. The molecular formula is C15H21NO4. The van der Waals surface area contributed by atoms with Crippen LogP contribution in [-0.4, -0.2) is 29.1 Å². The Morgan fingerprint density at radius 3 is 2.30 bits per heavy atom. The van der Waals surface area contributed by atoms with Crippen molar-refractivity contribution in [1.29, 1.82) is 0 Å². The van der Waals surface area contributed by atoms with Crippen molar-refractivity contribution in [3.05, 3.63) is 29.3 Å². The van der Waals surface area contributed by atoms with Gasteiger partial charge in [-0.25, -0.2) is 4.79 Å². The molecule has 0 spiro atoms. The molecule has 1 unspecified atom stereocenters. The average Bonchev–Trinajstić information content (AvgIpc) is 2.37. The SMILES string of the molecule is CCC(C)(NC(=O)COc1c(C)cccc1C)C(=O)O. The number of hydrogen-bond acceptors (Lipinski definition) is 3. The summed E-state index contributed by atoms with van der Waals surface area (Å²) in [6, 6.07) is 5.71. The number of rotatable bonds is 6. The molecule has 0 bridgehead atoms. The lowest BCUT2D eigenvalue weighted by Crippen LogP contribution is -2.53. The zero-order chi connectivity index (χ0) is 15.3. The molecule has 1 atom stereocenters. The summed E-state index contributed by atoms with van der Waals surface area (Å²) < 4.78 is 5.49. The monoisotopic (exact) mass is 279 g/mol. The summed E-state index contributed by atoms with van der Waals surface area (Å²) in [5.74, 6) is -0.837. The van der Waals surface area contributed by atoms with Crippen molar-refractivity contribution in [3.63, 3.8) is 0 Å². The van der Waals surface area contributed by atoms with Gasteiger partial charge in [0.25, 0.3) is 5.91 Å². The van der Waals surface area contributed by atoms with E-state index in [1.54, 1.807) is 6.92 Å². The number of carbonyl (C=O) groups is 2. The highest BCUT2D eigenvalue weighted by Crippen LogP contribution is 2.22. The fraction of sp³-hybridized carbons (Fsp3) is 0.467. The van der Waals surface area contributed by atoms with Crippen molar-refractivity contribution in [1.82, 2.24) is 5.32 Å². The molecule has 5 nitrogen and oxygen atoms in total. The average molecular weight is 279 g/mol. The largest absolute Gasteiger partial charge is 0.483 e. The van der Waals surface area contributed by atoms with Gasteiger partial charge < -0.3 is 15.2 Å². The van der Waals surface area contributed by atoms with E-state index >= 15 is 0 Å². The number of aliphatic carboxylic acids is 1. The van der Waals surface area contributed by atoms with E-state index in [9.17, 15) is 9.59 Å². The van der Waals surface area contributed by atoms with Gasteiger partial charge >= 0.3 is 5.97 Å². The Morgan fingerprint density at radius 1 is 1.30 bits per heavy atom. The van der Waals surface area contributed by atoms with Crippen LogP contribution in [0, 0.1) is 13.8 Å². The third kappa shape index (κ3) is 3.73. The molecule has 2 N–H and O–H groups in total. The summed E-state index contributed by atoms with van der Waals surface area (Å²) in [7, 11) is 0. The molecular weight excluding hydrogens is 258 g/mol. The van der Waals surface area contributed by atoms with Gasteiger partial charge in [0.05, 0.1) is 0 Å². The van der Waals surface area contributed by atoms with E-state index in [1.807, 2.05) is 32.0 Å². The van der Waals surface area contributed by atoms with Crippen LogP contribution in [0.25, 0.3) is 0 Å². The maximum atomic E-state index is 11.8. The number of aryl methyl sites for hydroxylation is 2. The number of ether oxygens (including phenoxy) is 1. The second-order valence-electron chi connectivity index (χ2n) is 5.05. The molecule has 0 radical (unpaired) electrons. The lowest BCUT2D eigenvalue weighted by Gasteiger charge is -2.24. The highest BCUT2D eigenvalue weighted by molar-refractivity contribution is 5.87. The third-order valence-corrected chi connectivity index (χ3v) is 3.35. The van der Waals surface area contributed by atoms with E-state index in [1.165, 1.54) is 6.92 Å². The van der Waals surface area contributed by atoms with Gasteiger partial charge in [0, 0.05) is 0 Å². The molecule has 0 aromatic heterocycles. The Balaban J connectivity index is 2.67. The smallest absolute Gasteiger partial charge is 0.329 e. The van der Waals surface area contributed by atoms with Crippen LogP contribution in [0.5, 0.6) is 5.75 Å². The van der Waals surface area contributed by atoms with Crippen LogP contribution in [0.15, 0.2) is 18.2 Å². The van der Waals surface area contributed by atoms with Crippen molar-refractivity contribution in [2.75, 3.05) is 6.61 Å². The number of amides is 1. The highest BCUT2D eigenvalue weighted by atomic mass is 16.5. The molecule has 1 rings (SSSR count). The van der Waals surface area contributed by atoms with Crippen molar-refractivity contribution in [3.8, 4) is 5.75 Å². The Hall–Kier alpha value is -2.04. The van der Waals surface area contributed by atoms with E-state index in [2.05, 4.69) is 5.32 Å². The zero-order valence-corrected chi connectivity index (χ0v) is 12.3. The molecule has 0 saturated carbocycles. The molecule has 0 aliphatic carbocycles. The molecule has 110 valence electrons. The van der Waals surface area contributed by atoms with Gasteiger partial charge in [-0.15, -0.1) is 0 Å². The van der Waals surface area contributed by atoms with Crippen LogP contribution in [0.1, 0.15) is 31.4 Å². The lowest BCUT2D eigenvalue weighted by molar-refractivity contribution is -0.147. The number of benzene rings is 1. The maximum absolute atomic E-state index is 11.8. The molecule has 20 heavy (non-hydrogen) atoms. The number of carbonyl (C=O) groups excluding carboxylic acids is 1. The molecule has 5 heteroatoms. The van der Waals surface area contributed by atoms with Crippen molar-refractivity contribution >= 4 is 11.9 Å². The van der Waals surface area contributed by atoms with Crippen LogP contribution in [0.4, 0.5) is 0 Å². The Kier molecular flexibility index (Phi) is 5.13. The van der Waals surface area contributed by atoms with Crippen molar-refractivity contribution in [2.24, 2.45) is 0 Å². The van der Waals surface area contributed by atoms with Gasteiger partial charge in [-0.3, -0.25) is 4.79 Å². The molecule has 0 aliphatic heterocycles. The number of carboxylic acids is 1. The van der Waals surface area contributed by atoms with Crippen molar-refractivity contribution in [2.45, 2.75) is 39.7 Å². The van der Waals surface area contributed by atoms with E-state index in [0.29, 0.717) is 12.2 Å². The summed E-state index contributed by atoms with van der Waals surface area (Å²) in [5, 5.41) is 11.6. The van der Waals surface area contributed by atoms with Gasteiger partial charge in [0.15, 0.2) is 6.61 Å². The number of nitrogens with one attached hydrogen (secondary N) is 1. The first-order valence-electron chi connectivity index (χ1n) is 6.53. The lowest BCUT2D eigenvalue weighted by atomic mass is 9.99. The van der Waals surface area contributed by atoms with E-state index in [0.717, 1.165) is 11.1 Å². The second-order valence-corrected chi connectivity index (χ2v) is 5.05. The fourth-order valence-electron chi connectivity index (χ4n) is 1.80. The van der Waals surface area contributed by atoms with Gasteiger partial charge in [-0.1, -0.05) is 25.1 Å². The predicted molar refractivity (Wildman–Crippen MR) is 75.9 cm³/mol. The summed E-state index contributed by atoms with van der Waals surface area (Å²) in [5.41, 5.74) is 0.616. The quantitative estimate of drug-likeness (QED) is 0.835. The second kappa shape index (κ2) is 6.41. The highest BCUT2D eigenvalue weighted by Gasteiger charge is 2.32. The molecule has 0 aliphatic rings. The first-order valence-corrected chi connectivity index (χ1v) is 6.53. The fourth-order valence-corrected chi connectivity index (χ4v) is 1.80. The minimum atomic E-state index is -1.26. The topological polar surface area (TPSA) is 75.6 Å². The van der Waals surface area contributed by atoms with E-state index < -0.39 is 17.4 Å². The van der Waals surface area contributed by atoms with Crippen LogP contribution >= 0.6 is 0 Å². The first-order chi connectivity index (χ1) is 9.30. The third-order valence-electron chi connectivity index (χ3n) is 3.35. The number of hydrogen-bond donors (Lipinski definition) is 2. The molecule has 1 aromatic carbocycles. The van der Waals surface area contributed by atoms with Gasteiger partial charge in [-0.2, -0.15) is 0 Å². The summed E-state index contributed by atoms with van der Waals surface area (Å²) in [4.78, 5) is 22.9. The standard InChI is InChI=1S/C15H21NO4/c1-5-15(4,14(18)19)16-12(17)9-20-13-10(2)7-6-8-11(13)3/h6-8H,5,9H2,1-4H3,(H,16,17)(H,18,19). The number of carboxylic acid groups (broad SMARTS) is 1. The van der Waals surface area contributed by atoms with Crippen LogP contribution in [0.2, 0.25) is 0 Å². The summed E-state index contributed by atoms with van der Waals surface area (Å²) in [6.45, 7) is 6.78. The zero-order valence-electron chi connectivity index (χ0n) is 12.3. The van der Waals surface area contributed by atoms with Crippen LogP contribution in [0.3, 0.4) is 0 Å². The Labute approximate surface area is 118 Å². The maximum Gasteiger partial charge on any atom is 0.329 e. The van der Waals surface area contributed by atoms with E-state index in [-0.39, 0.29) is 6.61 Å². The molecule has 0 fully saturated rings. The molecule has 1 amide bonds. The minimum Gasteiger partial charge on any atom is -0.483 e. The van der Waals surface area contributed by atoms with Crippen molar-refractivity contribution < 1.29 is 19.4 Å². The Bertz CT molecular complexity index is 492. The first kappa shape index (κ1) is 16.0. The Morgan fingerprint density at radius 2 is 1.85 bits per heavy atom. The molecule has 0 saturated heterocycles. The van der Waals surface area contributed by atoms with Gasteiger partial charge in [0.2, 0.25) is 0 Å².